The molecule has 4 heteroatoms. The minimum absolute atomic E-state index is 1.09. The van der Waals surface area contributed by atoms with Crippen LogP contribution in [0.5, 0.6) is 0 Å². The van der Waals surface area contributed by atoms with Crippen molar-refractivity contribution in [2.24, 2.45) is 0 Å². The SMILES string of the molecule is c1ncc2c3c(sc2n1)NCCC3. The van der Waals surface area contributed by atoms with Gasteiger partial charge in [0.05, 0.1) is 5.00 Å². The molecule has 0 atom stereocenters. The van der Waals surface area contributed by atoms with Crippen LogP contribution >= 0.6 is 11.3 Å². The molecule has 0 saturated carbocycles. The number of nitrogens with zero attached hydrogens (tertiary/aromatic N) is 2. The van der Waals surface area contributed by atoms with Crippen LogP contribution in [0.1, 0.15) is 12.0 Å². The highest BCUT2D eigenvalue weighted by Gasteiger charge is 2.15. The molecule has 0 aromatic carbocycles. The van der Waals surface area contributed by atoms with Crippen LogP contribution in [-0.4, -0.2) is 16.5 Å². The molecule has 3 heterocycles. The number of thiophene rings is 1. The van der Waals surface area contributed by atoms with Gasteiger partial charge in [-0.25, -0.2) is 9.97 Å². The number of hydrogen-bond acceptors (Lipinski definition) is 4. The molecule has 0 radical (unpaired) electrons. The Hall–Kier alpha value is -1.16. The van der Waals surface area contributed by atoms with Crippen LogP contribution in [0.15, 0.2) is 12.5 Å². The van der Waals surface area contributed by atoms with Gasteiger partial charge in [-0.05, 0) is 18.4 Å². The van der Waals surface area contributed by atoms with E-state index >= 15 is 0 Å². The van der Waals surface area contributed by atoms with Crippen molar-refractivity contribution in [3.63, 3.8) is 0 Å². The molecule has 0 bridgehead atoms. The number of rotatable bonds is 0. The molecule has 0 aliphatic carbocycles. The summed E-state index contributed by atoms with van der Waals surface area (Å²) < 4.78 is 0. The third-order valence-electron chi connectivity index (χ3n) is 2.36. The van der Waals surface area contributed by atoms with Gasteiger partial charge in [-0.2, -0.15) is 0 Å². The van der Waals surface area contributed by atoms with Gasteiger partial charge in [-0.15, -0.1) is 0 Å². The molecule has 0 unspecified atom stereocenters. The first kappa shape index (κ1) is 7.26. The molecule has 66 valence electrons. The van der Waals surface area contributed by atoms with Gasteiger partial charge >= 0.3 is 0 Å². The second-order valence-corrected chi connectivity index (χ2v) is 4.18. The van der Waals surface area contributed by atoms with Crippen LogP contribution in [0.25, 0.3) is 10.2 Å². The lowest BCUT2D eigenvalue weighted by molar-refractivity contribution is 0.842. The second-order valence-electron chi connectivity index (χ2n) is 3.18. The number of aromatic nitrogens is 2. The van der Waals surface area contributed by atoms with Crippen LogP contribution in [-0.2, 0) is 6.42 Å². The topological polar surface area (TPSA) is 37.8 Å². The Morgan fingerprint density at radius 2 is 2.46 bits per heavy atom. The molecule has 2 aromatic rings. The Bertz CT molecular complexity index is 449. The zero-order valence-electron chi connectivity index (χ0n) is 7.08. The van der Waals surface area contributed by atoms with Crippen molar-refractivity contribution < 1.29 is 0 Å². The van der Waals surface area contributed by atoms with Crippen molar-refractivity contribution in [3.8, 4) is 0 Å². The Morgan fingerprint density at radius 3 is 3.46 bits per heavy atom. The number of anilines is 1. The molecular formula is C9H9N3S. The first-order chi connectivity index (χ1) is 6.45. The molecule has 0 fully saturated rings. The fourth-order valence-electron chi connectivity index (χ4n) is 1.75. The molecule has 0 saturated heterocycles. The van der Waals surface area contributed by atoms with Crippen LogP contribution in [0.2, 0.25) is 0 Å². The molecule has 1 N–H and O–H groups in total. The fraction of sp³-hybridized carbons (Fsp3) is 0.333. The Kier molecular flexibility index (Phi) is 1.49. The van der Waals surface area contributed by atoms with E-state index in [0.717, 1.165) is 17.8 Å². The van der Waals surface area contributed by atoms with E-state index in [0.29, 0.717) is 0 Å². The van der Waals surface area contributed by atoms with Gasteiger partial charge in [0.1, 0.15) is 11.2 Å². The average Bonchev–Trinajstić information content (AvgIpc) is 2.56. The van der Waals surface area contributed by atoms with E-state index in [1.165, 1.54) is 22.4 Å². The van der Waals surface area contributed by atoms with Crippen LogP contribution in [0, 0.1) is 0 Å². The Morgan fingerprint density at radius 1 is 1.46 bits per heavy atom. The highest BCUT2D eigenvalue weighted by atomic mass is 32.1. The summed E-state index contributed by atoms with van der Waals surface area (Å²) in [4.78, 5) is 9.42. The highest BCUT2D eigenvalue weighted by molar-refractivity contribution is 7.22. The molecule has 0 spiro atoms. The van der Waals surface area contributed by atoms with E-state index in [2.05, 4.69) is 15.3 Å². The molecular weight excluding hydrogens is 182 g/mol. The van der Waals surface area contributed by atoms with Crippen LogP contribution in [0.4, 0.5) is 5.00 Å². The lowest BCUT2D eigenvalue weighted by atomic mass is 10.1. The maximum atomic E-state index is 4.25. The predicted molar refractivity (Wildman–Crippen MR) is 54.2 cm³/mol. The number of nitrogens with one attached hydrogen (secondary N) is 1. The van der Waals surface area contributed by atoms with Gasteiger partial charge in [0, 0.05) is 18.1 Å². The summed E-state index contributed by atoms with van der Waals surface area (Å²) in [7, 11) is 0. The summed E-state index contributed by atoms with van der Waals surface area (Å²) in [6.07, 6.45) is 5.92. The van der Waals surface area contributed by atoms with E-state index < -0.39 is 0 Å². The standard InChI is InChI=1S/C9H9N3S/c1-2-6-7-4-10-5-12-9(7)13-8(6)11-3-1/h4-5,11H,1-3H2. The van der Waals surface area contributed by atoms with Crippen LogP contribution < -0.4 is 5.32 Å². The zero-order valence-corrected chi connectivity index (χ0v) is 7.90. The quantitative estimate of drug-likeness (QED) is 0.692. The van der Waals surface area contributed by atoms with E-state index in [9.17, 15) is 0 Å². The van der Waals surface area contributed by atoms with Crippen LogP contribution in [0.3, 0.4) is 0 Å². The zero-order chi connectivity index (χ0) is 8.67. The van der Waals surface area contributed by atoms with Gasteiger partial charge < -0.3 is 5.32 Å². The molecule has 3 rings (SSSR count). The third-order valence-corrected chi connectivity index (χ3v) is 3.48. The highest BCUT2D eigenvalue weighted by Crippen LogP contribution is 2.36. The first-order valence-corrected chi connectivity index (χ1v) is 5.22. The average molecular weight is 191 g/mol. The Labute approximate surface area is 79.8 Å². The summed E-state index contributed by atoms with van der Waals surface area (Å²) in [6, 6.07) is 0. The summed E-state index contributed by atoms with van der Waals surface area (Å²) in [6.45, 7) is 1.09. The Balaban J connectivity index is 2.34. The van der Waals surface area contributed by atoms with E-state index in [4.69, 9.17) is 0 Å². The molecule has 1 aliphatic rings. The number of hydrogen-bond donors (Lipinski definition) is 1. The van der Waals surface area contributed by atoms with Crippen molar-refractivity contribution in [3.05, 3.63) is 18.1 Å². The minimum atomic E-state index is 1.09. The maximum Gasteiger partial charge on any atom is 0.128 e. The fourth-order valence-corrected chi connectivity index (χ4v) is 2.83. The van der Waals surface area contributed by atoms with Gasteiger partial charge in [0.2, 0.25) is 0 Å². The smallest absolute Gasteiger partial charge is 0.128 e. The maximum absolute atomic E-state index is 4.25. The molecule has 13 heavy (non-hydrogen) atoms. The van der Waals surface area contributed by atoms with E-state index in [1.54, 1.807) is 17.7 Å². The van der Waals surface area contributed by atoms with Crippen molar-refractivity contribution in [2.75, 3.05) is 11.9 Å². The van der Waals surface area contributed by atoms with Crippen molar-refractivity contribution in [1.82, 2.24) is 9.97 Å². The van der Waals surface area contributed by atoms with Crippen molar-refractivity contribution in [2.45, 2.75) is 12.8 Å². The number of fused-ring (bicyclic) bond motifs is 3. The molecule has 2 aromatic heterocycles. The molecule has 0 amide bonds. The largest absolute Gasteiger partial charge is 0.377 e. The third kappa shape index (κ3) is 1.02. The minimum Gasteiger partial charge on any atom is -0.377 e. The number of aryl methyl sites for hydroxylation is 1. The monoisotopic (exact) mass is 191 g/mol. The van der Waals surface area contributed by atoms with E-state index in [-0.39, 0.29) is 0 Å². The van der Waals surface area contributed by atoms with Gasteiger partial charge in [-0.1, -0.05) is 11.3 Å². The molecule has 3 nitrogen and oxygen atoms in total. The second kappa shape index (κ2) is 2.67. The normalized spacial score (nSPS) is 15.4. The lowest BCUT2D eigenvalue weighted by Gasteiger charge is -2.12. The van der Waals surface area contributed by atoms with Crippen molar-refractivity contribution in [1.29, 1.82) is 0 Å². The molecule has 1 aliphatic heterocycles. The van der Waals surface area contributed by atoms with Crippen molar-refractivity contribution >= 4 is 26.6 Å². The summed E-state index contributed by atoms with van der Waals surface area (Å²) in [5.74, 6) is 0. The predicted octanol–water partition coefficient (Wildman–Crippen LogP) is 2.05. The summed E-state index contributed by atoms with van der Waals surface area (Å²) >= 11 is 1.74. The van der Waals surface area contributed by atoms with Gasteiger partial charge in [-0.3, -0.25) is 0 Å². The summed E-state index contributed by atoms with van der Waals surface area (Å²) in [5.41, 5.74) is 1.41. The first-order valence-electron chi connectivity index (χ1n) is 4.40. The summed E-state index contributed by atoms with van der Waals surface area (Å²) in [5, 5.41) is 5.93. The lowest BCUT2D eigenvalue weighted by Crippen LogP contribution is -2.08. The van der Waals surface area contributed by atoms with Gasteiger partial charge in [0.15, 0.2) is 0 Å². The van der Waals surface area contributed by atoms with Gasteiger partial charge in [0.25, 0.3) is 0 Å². The van der Waals surface area contributed by atoms with E-state index in [1.807, 2.05) is 6.20 Å².